The van der Waals surface area contributed by atoms with E-state index in [1.165, 1.54) is 6.42 Å². The van der Waals surface area contributed by atoms with Gasteiger partial charge in [0.15, 0.2) is 0 Å². The minimum absolute atomic E-state index is 0.0561. The molecule has 2 N–H and O–H groups in total. The third-order valence-corrected chi connectivity index (χ3v) is 6.12. The summed E-state index contributed by atoms with van der Waals surface area (Å²) in [6.45, 7) is 0.774. The number of hydrogen-bond acceptors (Lipinski definition) is 2. The van der Waals surface area contributed by atoms with Crippen LogP contribution in [0, 0.1) is 17.8 Å². The summed E-state index contributed by atoms with van der Waals surface area (Å²) in [7, 11) is 0. The average molecular weight is 305 g/mol. The molecule has 122 valence electrons. The van der Waals surface area contributed by atoms with E-state index in [4.69, 9.17) is 10.5 Å². The van der Waals surface area contributed by atoms with E-state index in [0.29, 0.717) is 18.8 Å². The van der Waals surface area contributed by atoms with Gasteiger partial charge in [-0.15, -0.1) is 0 Å². The zero-order valence-corrected chi connectivity index (χ0v) is 12.5. The van der Waals surface area contributed by atoms with Crippen molar-refractivity contribution in [3.8, 4) is 0 Å². The Hall–Kier alpha value is -0.290. The van der Waals surface area contributed by atoms with Crippen LogP contribution in [-0.2, 0) is 4.74 Å². The van der Waals surface area contributed by atoms with Crippen LogP contribution in [0.15, 0.2) is 0 Å². The van der Waals surface area contributed by atoms with Crippen molar-refractivity contribution < 1.29 is 17.9 Å². The average Bonchev–Trinajstić information content (AvgIpc) is 2.44. The zero-order chi connectivity index (χ0) is 15.1. The Labute approximate surface area is 124 Å². The van der Waals surface area contributed by atoms with Crippen LogP contribution in [0.1, 0.15) is 57.8 Å². The van der Waals surface area contributed by atoms with E-state index < -0.39 is 12.1 Å². The molecule has 0 radical (unpaired) electrons. The second kappa shape index (κ2) is 5.73. The second-order valence-corrected chi connectivity index (χ2v) is 7.37. The van der Waals surface area contributed by atoms with Crippen LogP contribution in [0.2, 0.25) is 0 Å². The van der Waals surface area contributed by atoms with E-state index in [2.05, 4.69) is 0 Å². The van der Waals surface area contributed by atoms with Gasteiger partial charge in [0.2, 0.25) is 0 Å². The van der Waals surface area contributed by atoms with E-state index in [0.717, 1.165) is 32.3 Å². The SMILES string of the molecule is NC(C1CCC(C(F)(F)F)CC1)C1CCOC2(CCC2)C1. The number of halogens is 3. The predicted molar refractivity (Wildman–Crippen MR) is 74.7 cm³/mol. The molecular weight excluding hydrogens is 279 g/mol. The first kappa shape index (κ1) is 15.6. The van der Waals surface area contributed by atoms with Gasteiger partial charge in [-0.25, -0.2) is 0 Å². The number of nitrogens with two attached hydrogens (primary N) is 1. The Balaban J connectivity index is 1.53. The number of hydrogen-bond donors (Lipinski definition) is 1. The third-order valence-electron chi connectivity index (χ3n) is 6.12. The van der Waals surface area contributed by atoms with Gasteiger partial charge in [0.05, 0.1) is 11.5 Å². The second-order valence-electron chi connectivity index (χ2n) is 7.37. The molecule has 1 spiro atoms. The van der Waals surface area contributed by atoms with Gasteiger partial charge in [-0.2, -0.15) is 13.2 Å². The fourth-order valence-electron chi connectivity index (χ4n) is 4.53. The molecule has 0 bridgehead atoms. The number of rotatable bonds is 2. The Morgan fingerprint density at radius 1 is 1.00 bits per heavy atom. The van der Waals surface area contributed by atoms with Gasteiger partial charge in [-0.05, 0) is 69.6 Å². The van der Waals surface area contributed by atoms with Gasteiger partial charge < -0.3 is 10.5 Å². The maximum absolute atomic E-state index is 12.7. The molecule has 0 amide bonds. The molecule has 3 fully saturated rings. The van der Waals surface area contributed by atoms with Crippen molar-refractivity contribution in [2.45, 2.75) is 75.6 Å². The van der Waals surface area contributed by atoms with Crippen molar-refractivity contribution in [3.63, 3.8) is 0 Å². The summed E-state index contributed by atoms with van der Waals surface area (Å²) in [6.07, 6.45) is 3.27. The molecular formula is C16H26F3NO. The van der Waals surface area contributed by atoms with E-state index >= 15 is 0 Å². The van der Waals surface area contributed by atoms with E-state index in [9.17, 15) is 13.2 Å². The van der Waals surface area contributed by atoms with Crippen LogP contribution in [-0.4, -0.2) is 24.4 Å². The highest BCUT2D eigenvalue weighted by atomic mass is 19.4. The first-order valence-corrected chi connectivity index (χ1v) is 8.36. The van der Waals surface area contributed by atoms with Crippen LogP contribution >= 0.6 is 0 Å². The minimum atomic E-state index is -4.02. The fourth-order valence-corrected chi connectivity index (χ4v) is 4.53. The van der Waals surface area contributed by atoms with Gasteiger partial charge in [0, 0.05) is 12.6 Å². The molecule has 21 heavy (non-hydrogen) atoms. The van der Waals surface area contributed by atoms with Gasteiger partial charge in [-0.1, -0.05) is 0 Å². The lowest BCUT2D eigenvalue weighted by molar-refractivity contribution is -0.185. The molecule has 2 atom stereocenters. The predicted octanol–water partition coefficient (Wildman–Crippen LogP) is 4.03. The highest BCUT2D eigenvalue weighted by Crippen LogP contribution is 2.47. The monoisotopic (exact) mass is 305 g/mol. The first-order valence-electron chi connectivity index (χ1n) is 8.36. The van der Waals surface area contributed by atoms with Crippen molar-refractivity contribution in [2.75, 3.05) is 6.61 Å². The molecule has 3 rings (SSSR count). The Kier molecular flexibility index (Phi) is 4.25. The van der Waals surface area contributed by atoms with Crippen molar-refractivity contribution in [1.82, 2.24) is 0 Å². The van der Waals surface area contributed by atoms with Gasteiger partial charge in [-0.3, -0.25) is 0 Å². The summed E-state index contributed by atoms with van der Waals surface area (Å²) in [5.41, 5.74) is 6.51. The highest BCUT2D eigenvalue weighted by Gasteiger charge is 2.46. The topological polar surface area (TPSA) is 35.2 Å². The molecule has 1 saturated heterocycles. The maximum atomic E-state index is 12.7. The molecule has 1 heterocycles. The Bertz CT molecular complexity index is 359. The first-order chi connectivity index (χ1) is 9.90. The highest BCUT2D eigenvalue weighted by molar-refractivity contribution is 4.97. The third kappa shape index (κ3) is 3.24. The van der Waals surface area contributed by atoms with E-state index in [1.807, 2.05) is 0 Å². The van der Waals surface area contributed by atoms with Gasteiger partial charge in [0.25, 0.3) is 0 Å². The Morgan fingerprint density at radius 3 is 2.19 bits per heavy atom. The van der Waals surface area contributed by atoms with E-state index in [-0.39, 0.29) is 30.4 Å². The summed E-state index contributed by atoms with van der Waals surface area (Å²) < 4.78 is 44.1. The zero-order valence-electron chi connectivity index (χ0n) is 12.5. The lowest BCUT2D eigenvalue weighted by Gasteiger charge is -2.49. The minimum Gasteiger partial charge on any atom is -0.375 e. The van der Waals surface area contributed by atoms with Crippen LogP contribution in [0.25, 0.3) is 0 Å². The molecule has 2 aliphatic carbocycles. The normalized spacial score (nSPS) is 38.0. The van der Waals surface area contributed by atoms with Crippen molar-refractivity contribution >= 4 is 0 Å². The Morgan fingerprint density at radius 2 is 1.67 bits per heavy atom. The van der Waals surface area contributed by atoms with Crippen LogP contribution in [0.4, 0.5) is 13.2 Å². The summed E-state index contributed by atoms with van der Waals surface area (Å²) >= 11 is 0. The van der Waals surface area contributed by atoms with Crippen molar-refractivity contribution in [2.24, 2.45) is 23.5 Å². The molecule has 3 aliphatic rings. The molecule has 5 heteroatoms. The lowest BCUT2D eigenvalue weighted by atomic mass is 9.67. The molecule has 1 aliphatic heterocycles. The molecule has 0 aromatic rings. The number of ether oxygens (including phenoxy) is 1. The summed E-state index contributed by atoms with van der Waals surface area (Å²) in [5.74, 6) is -0.399. The number of alkyl halides is 3. The fraction of sp³-hybridized carbons (Fsp3) is 1.00. The van der Waals surface area contributed by atoms with Gasteiger partial charge >= 0.3 is 6.18 Å². The van der Waals surface area contributed by atoms with Gasteiger partial charge in [0.1, 0.15) is 0 Å². The molecule has 0 aromatic heterocycles. The van der Waals surface area contributed by atoms with Crippen LogP contribution in [0.3, 0.4) is 0 Å². The molecule has 2 nitrogen and oxygen atoms in total. The molecule has 2 saturated carbocycles. The largest absolute Gasteiger partial charge is 0.391 e. The van der Waals surface area contributed by atoms with E-state index in [1.54, 1.807) is 0 Å². The summed E-state index contributed by atoms with van der Waals surface area (Å²) in [4.78, 5) is 0. The summed E-state index contributed by atoms with van der Waals surface area (Å²) in [6, 6.07) is 0.0561. The summed E-state index contributed by atoms with van der Waals surface area (Å²) in [5, 5.41) is 0. The standard InChI is InChI=1S/C16H26F3NO/c17-16(18,19)13-4-2-11(3-5-13)14(20)12-6-9-21-15(10-12)7-1-8-15/h11-14H,1-10,20H2. The van der Waals surface area contributed by atoms with Crippen LogP contribution < -0.4 is 5.73 Å². The van der Waals surface area contributed by atoms with Crippen LogP contribution in [0.5, 0.6) is 0 Å². The quantitative estimate of drug-likeness (QED) is 0.836. The molecule has 2 unspecified atom stereocenters. The smallest absolute Gasteiger partial charge is 0.375 e. The maximum Gasteiger partial charge on any atom is 0.391 e. The lowest BCUT2D eigenvalue weighted by Crippen LogP contribution is -2.51. The van der Waals surface area contributed by atoms with Crippen molar-refractivity contribution in [3.05, 3.63) is 0 Å². The van der Waals surface area contributed by atoms with Crippen molar-refractivity contribution in [1.29, 1.82) is 0 Å². The molecule has 0 aromatic carbocycles.